The van der Waals surface area contributed by atoms with Gasteiger partial charge in [-0.2, -0.15) is 0 Å². The first-order valence-corrected chi connectivity index (χ1v) is 6.91. The zero-order valence-corrected chi connectivity index (χ0v) is 8.80. The van der Waals surface area contributed by atoms with E-state index in [0.29, 0.717) is 0 Å². The van der Waals surface area contributed by atoms with Gasteiger partial charge < -0.3 is 0 Å². The molecular formula is C9H16Xe. The number of fused-ring (bicyclic) bond motifs is 2. The van der Waals surface area contributed by atoms with Crippen molar-refractivity contribution in [2.75, 3.05) is 0 Å². The van der Waals surface area contributed by atoms with Crippen molar-refractivity contribution in [1.82, 2.24) is 0 Å². The molecule has 0 nitrogen and oxygen atoms in total. The Kier molecular flexibility index (Phi) is 2.57. The van der Waals surface area contributed by atoms with Gasteiger partial charge in [-0.25, -0.2) is 0 Å². The summed E-state index contributed by atoms with van der Waals surface area (Å²) >= 11 is 0.833. The SMILES string of the molecule is CC(C)C1CC2CC1C[Xe]2. The fraction of sp³-hybridized carbons (Fsp3) is 1.00. The molecule has 0 aromatic rings. The molecule has 1 aliphatic carbocycles. The van der Waals surface area contributed by atoms with E-state index >= 15 is 0 Å². The van der Waals surface area contributed by atoms with E-state index in [1.54, 1.807) is 13.7 Å². The van der Waals surface area contributed by atoms with Gasteiger partial charge in [0.2, 0.25) is 0 Å². The van der Waals surface area contributed by atoms with Gasteiger partial charge in [-0.3, -0.25) is 0 Å². The molecule has 1 saturated carbocycles. The quantitative estimate of drug-likeness (QED) is 0.676. The van der Waals surface area contributed by atoms with E-state index in [2.05, 4.69) is 13.8 Å². The summed E-state index contributed by atoms with van der Waals surface area (Å²) in [5, 5.41) is 0. The van der Waals surface area contributed by atoms with Crippen molar-refractivity contribution in [1.29, 1.82) is 0 Å². The predicted octanol–water partition coefficient (Wildman–Crippen LogP) is 2.97. The van der Waals surface area contributed by atoms with Crippen LogP contribution in [-0.4, -0.2) is 0 Å². The molecule has 0 amide bonds. The van der Waals surface area contributed by atoms with E-state index in [-0.39, 0.29) is 0 Å². The molecule has 2 rings (SSSR count). The van der Waals surface area contributed by atoms with Crippen LogP contribution in [0.25, 0.3) is 0 Å². The van der Waals surface area contributed by atoms with Gasteiger partial charge in [0.1, 0.15) is 0 Å². The first kappa shape index (κ1) is 8.18. The third kappa shape index (κ3) is 1.38. The monoisotopic (exact) mass is 256 g/mol. The van der Waals surface area contributed by atoms with Crippen molar-refractivity contribution in [3.63, 3.8) is 0 Å². The molecule has 1 heterocycles. The van der Waals surface area contributed by atoms with Gasteiger partial charge in [0.25, 0.3) is 0 Å². The van der Waals surface area contributed by atoms with Gasteiger partial charge in [-0.05, 0) is 0 Å². The number of hydrogen-bond donors (Lipinski definition) is 0. The zero-order valence-electron chi connectivity index (χ0n) is 6.78. The van der Waals surface area contributed by atoms with Gasteiger partial charge in [0, 0.05) is 0 Å². The topological polar surface area (TPSA) is 0 Å². The molecule has 2 fully saturated rings. The van der Waals surface area contributed by atoms with E-state index in [1.807, 2.05) is 0 Å². The fourth-order valence-electron chi connectivity index (χ4n) is 2.40. The third-order valence-corrected chi connectivity index (χ3v) is 6.66. The van der Waals surface area contributed by atoms with Crippen LogP contribution in [-0.2, 0) is 0 Å². The maximum atomic E-state index is 2.40. The molecule has 1 heteroatoms. The van der Waals surface area contributed by atoms with Gasteiger partial charge >= 0.3 is 89.9 Å². The molecule has 0 spiro atoms. The second-order valence-corrected chi connectivity index (χ2v) is 7.30. The number of hydrogen-bond acceptors (Lipinski definition) is 0. The van der Waals surface area contributed by atoms with E-state index in [1.165, 1.54) is 6.30 Å². The Morgan fingerprint density at radius 2 is 2.10 bits per heavy atom. The van der Waals surface area contributed by atoms with Crippen LogP contribution in [0.3, 0.4) is 0 Å². The van der Waals surface area contributed by atoms with Crippen LogP contribution < -0.4 is 0 Å². The van der Waals surface area contributed by atoms with Gasteiger partial charge in [0.15, 0.2) is 0 Å². The van der Waals surface area contributed by atoms with Crippen molar-refractivity contribution < 1.29 is 44.2 Å². The van der Waals surface area contributed by atoms with E-state index in [0.717, 1.165) is 56.0 Å². The second kappa shape index (κ2) is 3.14. The first-order valence-electron chi connectivity index (χ1n) is 4.32. The maximum absolute atomic E-state index is 2.40. The van der Waals surface area contributed by atoms with Crippen LogP contribution in [0.4, 0.5) is 0 Å². The van der Waals surface area contributed by atoms with Gasteiger partial charge in [0.05, 0.1) is 0 Å². The summed E-state index contributed by atoms with van der Waals surface area (Å²) in [7, 11) is 0. The standard InChI is InChI=1S/C9H16Xe/c1-6(2)9-4-8-3-7(9)5-10-8/h6-9H,3-5H2,1-2H3. The van der Waals surface area contributed by atoms with Crippen LogP contribution in [0.1, 0.15) is 26.7 Å². The van der Waals surface area contributed by atoms with E-state index in [9.17, 15) is 0 Å². The molecule has 1 aliphatic heterocycles. The molecule has 2 bridgehead atoms. The summed E-state index contributed by atoms with van der Waals surface area (Å²) in [5.41, 5.74) is 0. The normalized spacial score (nSPS) is 46.1. The van der Waals surface area contributed by atoms with Crippen LogP contribution in [0.2, 0.25) is 1.27 Å². The Morgan fingerprint density at radius 3 is 2.40 bits per heavy atom. The minimum absolute atomic E-state index is 0.833. The Morgan fingerprint density at radius 1 is 1.30 bits per heavy atom. The van der Waals surface area contributed by atoms with E-state index < -0.39 is 0 Å². The average Bonchev–Trinajstić information content (AvgIpc) is 2.44. The van der Waals surface area contributed by atoms with Crippen LogP contribution in [0, 0.1) is 61.9 Å². The van der Waals surface area contributed by atoms with Crippen LogP contribution in [0.5, 0.6) is 0 Å². The molecule has 1 saturated heterocycles. The Balaban J connectivity index is 2.02. The summed E-state index contributed by atoms with van der Waals surface area (Å²) in [5.74, 6) is 3.26. The molecule has 10 heavy (non-hydrogen) atoms. The number of rotatable bonds is 1. The summed E-state index contributed by atoms with van der Waals surface area (Å²) in [4.78, 5) is 0. The molecular weight excluding hydrogens is 239 g/mol. The summed E-state index contributed by atoms with van der Waals surface area (Å²) in [6.07, 6.45) is 3.21. The Labute approximate surface area is 88.5 Å². The summed E-state index contributed by atoms with van der Waals surface area (Å²) < 4.78 is 2.87. The van der Waals surface area contributed by atoms with Crippen molar-refractivity contribution in [2.45, 2.75) is 28.0 Å². The molecule has 0 radical (unpaired) electrons. The molecule has 0 N–H and O–H groups in total. The average molecular weight is 256 g/mol. The molecule has 2 aliphatic rings. The predicted molar refractivity (Wildman–Crippen MR) is 39.6 cm³/mol. The van der Waals surface area contributed by atoms with Crippen LogP contribution in [0.15, 0.2) is 0 Å². The van der Waals surface area contributed by atoms with Crippen molar-refractivity contribution in [2.24, 2.45) is 17.8 Å². The van der Waals surface area contributed by atoms with Crippen molar-refractivity contribution >= 4 is 0 Å². The molecule has 0 aromatic heterocycles. The van der Waals surface area contributed by atoms with Crippen molar-refractivity contribution in [3.05, 3.63) is 0 Å². The summed E-state index contributed by atoms with van der Waals surface area (Å²) in [6, 6.07) is 0. The molecule has 3 atom stereocenters. The van der Waals surface area contributed by atoms with Gasteiger partial charge in [-0.1, -0.05) is 0 Å². The van der Waals surface area contributed by atoms with Crippen molar-refractivity contribution in [3.8, 4) is 0 Å². The molecule has 0 aromatic carbocycles. The van der Waals surface area contributed by atoms with Gasteiger partial charge in [-0.15, -0.1) is 0 Å². The van der Waals surface area contributed by atoms with E-state index in [4.69, 9.17) is 0 Å². The Hall–Kier alpha value is 1.57. The first-order chi connectivity index (χ1) is 4.77. The third-order valence-electron chi connectivity index (χ3n) is 3.01. The van der Waals surface area contributed by atoms with Crippen LogP contribution >= 0.6 is 0 Å². The second-order valence-electron chi connectivity index (χ2n) is 4.01. The summed E-state index contributed by atoms with van der Waals surface area (Å²) in [6.45, 7) is 4.81. The Bertz CT molecular complexity index is 131. The zero-order chi connectivity index (χ0) is 7.14. The molecule has 3 unspecified atom stereocenters. The molecule has 60 valence electrons. The minimum atomic E-state index is 0.833. The fourth-order valence-corrected chi connectivity index (χ4v) is 6.46.